The van der Waals surface area contributed by atoms with Gasteiger partial charge in [-0.2, -0.15) is 0 Å². The zero-order valence-corrected chi connectivity index (χ0v) is 16.1. The molecule has 1 aliphatic rings. The first-order valence-electron chi connectivity index (χ1n) is 9.78. The number of rotatable bonds is 5. The summed E-state index contributed by atoms with van der Waals surface area (Å²) < 4.78 is 19.1. The van der Waals surface area contributed by atoms with Crippen molar-refractivity contribution in [3.05, 3.63) is 90.2 Å². The zero-order chi connectivity index (χ0) is 20.1. The lowest BCUT2D eigenvalue weighted by Gasteiger charge is -2.36. The standard InChI is InChI=1S/C24H23FN2O2/c25-20-12-10-19(11-13-20)18-24(28)27-16-14-26(15-17-27)22-8-4-5-9-23(22)29-21-6-2-1-3-7-21/h1-13H,14-18H2. The van der Waals surface area contributed by atoms with Gasteiger partial charge < -0.3 is 14.5 Å². The third-order valence-corrected chi connectivity index (χ3v) is 5.08. The van der Waals surface area contributed by atoms with E-state index in [1.54, 1.807) is 12.1 Å². The van der Waals surface area contributed by atoms with Gasteiger partial charge in [-0.05, 0) is 42.0 Å². The first-order valence-corrected chi connectivity index (χ1v) is 9.78. The molecule has 0 aromatic heterocycles. The second-order valence-electron chi connectivity index (χ2n) is 7.05. The summed E-state index contributed by atoms with van der Waals surface area (Å²) in [5.41, 5.74) is 1.86. The Morgan fingerprint density at radius 2 is 1.48 bits per heavy atom. The van der Waals surface area contributed by atoms with Gasteiger partial charge in [0.25, 0.3) is 0 Å². The van der Waals surface area contributed by atoms with Crippen LogP contribution in [0.5, 0.6) is 11.5 Å². The fraction of sp³-hybridized carbons (Fsp3) is 0.208. The van der Waals surface area contributed by atoms with E-state index in [0.29, 0.717) is 19.5 Å². The van der Waals surface area contributed by atoms with Crippen LogP contribution in [0.15, 0.2) is 78.9 Å². The van der Waals surface area contributed by atoms with Crippen molar-refractivity contribution in [2.24, 2.45) is 0 Å². The fourth-order valence-corrected chi connectivity index (χ4v) is 3.51. The van der Waals surface area contributed by atoms with Crippen LogP contribution < -0.4 is 9.64 Å². The molecule has 1 amide bonds. The topological polar surface area (TPSA) is 32.8 Å². The molecule has 0 unspecified atom stereocenters. The Hall–Kier alpha value is -3.34. The van der Waals surface area contributed by atoms with E-state index in [0.717, 1.165) is 35.8 Å². The van der Waals surface area contributed by atoms with Crippen LogP contribution in [0.4, 0.5) is 10.1 Å². The molecule has 29 heavy (non-hydrogen) atoms. The molecule has 1 saturated heterocycles. The minimum Gasteiger partial charge on any atom is -0.455 e. The predicted molar refractivity (Wildman–Crippen MR) is 112 cm³/mol. The van der Waals surface area contributed by atoms with E-state index in [1.807, 2.05) is 59.5 Å². The number of benzene rings is 3. The number of hydrogen-bond acceptors (Lipinski definition) is 3. The van der Waals surface area contributed by atoms with Crippen molar-refractivity contribution in [1.29, 1.82) is 0 Å². The lowest BCUT2D eigenvalue weighted by atomic mass is 10.1. The number of para-hydroxylation sites is 3. The van der Waals surface area contributed by atoms with E-state index in [1.165, 1.54) is 12.1 Å². The normalized spacial score (nSPS) is 14.0. The number of hydrogen-bond donors (Lipinski definition) is 0. The maximum atomic E-state index is 13.0. The van der Waals surface area contributed by atoms with Gasteiger partial charge in [0.1, 0.15) is 11.6 Å². The molecule has 0 radical (unpaired) electrons. The Morgan fingerprint density at radius 3 is 2.21 bits per heavy atom. The third kappa shape index (κ3) is 4.74. The molecule has 148 valence electrons. The molecule has 3 aromatic rings. The lowest BCUT2D eigenvalue weighted by Crippen LogP contribution is -2.49. The lowest BCUT2D eigenvalue weighted by molar-refractivity contribution is -0.130. The smallest absolute Gasteiger partial charge is 0.227 e. The quantitative estimate of drug-likeness (QED) is 0.643. The number of amides is 1. The number of nitrogens with zero attached hydrogens (tertiary/aromatic N) is 2. The Kier molecular flexibility index (Phi) is 5.75. The highest BCUT2D eigenvalue weighted by Gasteiger charge is 2.23. The second-order valence-corrected chi connectivity index (χ2v) is 7.05. The molecule has 0 bridgehead atoms. The number of carbonyl (C=O) groups excluding carboxylic acids is 1. The average molecular weight is 390 g/mol. The third-order valence-electron chi connectivity index (χ3n) is 5.08. The molecule has 4 rings (SSSR count). The van der Waals surface area contributed by atoms with Crippen molar-refractivity contribution in [2.45, 2.75) is 6.42 Å². The van der Waals surface area contributed by atoms with Crippen LogP contribution in [-0.4, -0.2) is 37.0 Å². The van der Waals surface area contributed by atoms with Crippen molar-refractivity contribution in [3.63, 3.8) is 0 Å². The fourth-order valence-electron chi connectivity index (χ4n) is 3.51. The van der Waals surface area contributed by atoms with E-state index < -0.39 is 0 Å². The molecule has 3 aromatic carbocycles. The number of carbonyl (C=O) groups is 1. The van der Waals surface area contributed by atoms with E-state index in [4.69, 9.17) is 4.74 Å². The largest absolute Gasteiger partial charge is 0.455 e. The minimum atomic E-state index is -0.286. The monoisotopic (exact) mass is 390 g/mol. The first kappa shape index (κ1) is 19.0. The Morgan fingerprint density at radius 1 is 0.828 bits per heavy atom. The zero-order valence-electron chi connectivity index (χ0n) is 16.1. The van der Waals surface area contributed by atoms with Crippen LogP contribution in [0.3, 0.4) is 0 Å². The molecule has 0 aliphatic carbocycles. The molecule has 0 saturated carbocycles. The van der Waals surface area contributed by atoms with Crippen LogP contribution in [0.1, 0.15) is 5.56 Å². The Balaban J connectivity index is 1.38. The SMILES string of the molecule is O=C(Cc1ccc(F)cc1)N1CCN(c2ccccc2Oc2ccccc2)CC1. The van der Waals surface area contributed by atoms with E-state index >= 15 is 0 Å². The van der Waals surface area contributed by atoms with Crippen molar-refractivity contribution < 1.29 is 13.9 Å². The number of halogens is 1. The summed E-state index contributed by atoms with van der Waals surface area (Å²) in [7, 11) is 0. The van der Waals surface area contributed by atoms with Gasteiger partial charge in [0.15, 0.2) is 5.75 Å². The van der Waals surface area contributed by atoms with Gasteiger partial charge >= 0.3 is 0 Å². The van der Waals surface area contributed by atoms with E-state index in [-0.39, 0.29) is 11.7 Å². The average Bonchev–Trinajstić information content (AvgIpc) is 2.77. The van der Waals surface area contributed by atoms with Gasteiger partial charge in [-0.1, -0.05) is 42.5 Å². The maximum Gasteiger partial charge on any atom is 0.227 e. The number of piperazine rings is 1. The molecular weight excluding hydrogens is 367 g/mol. The molecule has 1 aliphatic heterocycles. The van der Waals surface area contributed by atoms with Crippen LogP contribution in [0, 0.1) is 5.82 Å². The minimum absolute atomic E-state index is 0.0741. The highest BCUT2D eigenvalue weighted by atomic mass is 19.1. The molecule has 5 heteroatoms. The van der Waals surface area contributed by atoms with Crippen LogP contribution >= 0.6 is 0 Å². The molecule has 0 atom stereocenters. The van der Waals surface area contributed by atoms with Crippen LogP contribution in [0.25, 0.3) is 0 Å². The van der Waals surface area contributed by atoms with Gasteiger partial charge in [0.2, 0.25) is 5.91 Å². The highest BCUT2D eigenvalue weighted by molar-refractivity contribution is 5.79. The summed E-state index contributed by atoms with van der Waals surface area (Å²) in [5, 5.41) is 0. The van der Waals surface area contributed by atoms with Crippen LogP contribution in [0.2, 0.25) is 0 Å². The van der Waals surface area contributed by atoms with Crippen molar-refractivity contribution in [3.8, 4) is 11.5 Å². The van der Waals surface area contributed by atoms with Crippen molar-refractivity contribution >= 4 is 11.6 Å². The molecule has 0 spiro atoms. The highest BCUT2D eigenvalue weighted by Crippen LogP contribution is 2.32. The summed E-state index contributed by atoms with van der Waals surface area (Å²) in [4.78, 5) is 16.7. The van der Waals surface area contributed by atoms with Gasteiger partial charge in [0, 0.05) is 26.2 Å². The Bertz CT molecular complexity index is 952. The summed E-state index contributed by atoms with van der Waals surface area (Å²) in [6.45, 7) is 2.79. The molecule has 0 N–H and O–H groups in total. The summed E-state index contributed by atoms with van der Waals surface area (Å²) in [5.74, 6) is 1.40. The molecule has 1 fully saturated rings. The van der Waals surface area contributed by atoms with Gasteiger partial charge in [-0.15, -0.1) is 0 Å². The van der Waals surface area contributed by atoms with E-state index in [9.17, 15) is 9.18 Å². The molecule has 4 nitrogen and oxygen atoms in total. The second kappa shape index (κ2) is 8.78. The number of ether oxygens (including phenoxy) is 1. The summed E-state index contributed by atoms with van der Waals surface area (Å²) in [6.07, 6.45) is 0.300. The van der Waals surface area contributed by atoms with Crippen LogP contribution in [-0.2, 0) is 11.2 Å². The molecular formula is C24H23FN2O2. The summed E-state index contributed by atoms with van der Waals surface area (Å²) in [6, 6.07) is 23.8. The maximum absolute atomic E-state index is 13.0. The van der Waals surface area contributed by atoms with E-state index in [2.05, 4.69) is 4.90 Å². The summed E-state index contributed by atoms with van der Waals surface area (Å²) >= 11 is 0. The van der Waals surface area contributed by atoms with Crippen molar-refractivity contribution in [1.82, 2.24) is 4.90 Å². The van der Waals surface area contributed by atoms with Crippen molar-refractivity contribution in [2.75, 3.05) is 31.1 Å². The molecule has 1 heterocycles. The number of anilines is 1. The Labute approximate surface area is 170 Å². The van der Waals surface area contributed by atoms with Gasteiger partial charge in [-0.25, -0.2) is 4.39 Å². The predicted octanol–water partition coefficient (Wildman–Crippen LogP) is 4.51. The van der Waals surface area contributed by atoms with Gasteiger partial charge in [-0.3, -0.25) is 4.79 Å². The first-order chi connectivity index (χ1) is 14.2. The van der Waals surface area contributed by atoms with Gasteiger partial charge in [0.05, 0.1) is 12.1 Å².